The van der Waals surface area contributed by atoms with E-state index in [-0.39, 0.29) is 11.7 Å². The van der Waals surface area contributed by atoms with E-state index < -0.39 is 0 Å². The SMILES string of the molecule is CCCOCCOCCOCCOCCC(=O)C(C)C. The van der Waals surface area contributed by atoms with Gasteiger partial charge in [0.2, 0.25) is 0 Å². The molecule has 0 unspecified atom stereocenters. The molecule has 0 N–H and O–H groups in total. The van der Waals surface area contributed by atoms with Gasteiger partial charge in [-0.2, -0.15) is 0 Å². The van der Waals surface area contributed by atoms with Crippen molar-refractivity contribution in [3.8, 4) is 0 Å². The zero-order chi connectivity index (χ0) is 15.1. The van der Waals surface area contributed by atoms with Crippen LogP contribution in [0.2, 0.25) is 0 Å². The molecule has 0 amide bonds. The molecule has 0 aliphatic heterocycles. The molecule has 0 heterocycles. The van der Waals surface area contributed by atoms with Crippen molar-refractivity contribution in [2.75, 3.05) is 52.9 Å². The minimum atomic E-state index is 0.0910. The fourth-order valence-electron chi connectivity index (χ4n) is 1.37. The van der Waals surface area contributed by atoms with Gasteiger partial charge in [-0.1, -0.05) is 20.8 Å². The first-order valence-corrected chi connectivity index (χ1v) is 7.52. The molecule has 5 heteroatoms. The molecule has 20 heavy (non-hydrogen) atoms. The predicted molar refractivity (Wildman–Crippen MR) is 78.0 cm³/mol. The average Bonchev–Trinajstić information content (AvgIpc) is 2.43. The van der Waals surface area contributed by atoms with Gasteiger partial charge in [-0.15, -0.1) is 0 Å². The minimum absolute atomic E-state index is 0.0910. The van der Waals surface area contributed by atoms with Gasteiger partial charge in [0.05, 0.1) is 46.2 Å². The Kier molecular flexibility index (Phi) is 14.5. The van der Waals surface area contributed by atoms with Crippen molar-refractivity contribution in [2.24, 2.45) is 5.92 Å². The first-order chi connectivity index (χ1) is 9.68. The average molecular weight is 290 g/mol. The number of rotatable bonds is 15. The number of hydrogen-bond donors (Lipinski definition) is 0. The second-order valence-corrected chi connectivity index (χ2v) is 4.82. The molecule has 0 radical (unpaired) electrons. The van der Waals surface area contributed by atoms with E-state index in [1.54, 1.807) is 0 Å². The Morgan fingerprint density at radius 1 is 0.750 bits per heavy atom. The summed E-state index contributed by atoms with van der Waals surface area (Å²) < 4.78 is 21.3. The Morgan fingerprint density at radius 3 is 1.55 bits per heavy atom. The third-order valence-corrected chi connectivity index (χ3v) is 2.60. The standard InChI is InChI=1S/C15H30O5/c1-4-6-17-8-10-19-12-13-20-11-9-18-7-5-15(16)14(2)3/h14H,4-13H2,1-3H3. The van der Waals surface area contributed by atoms with Crippen LogP contribution in [0.3, 0.4) is 0 Å². The molecule has 0 aliphatic carbocycles. The van der Waals surface area contributed by atoms with Crippen molar-refractivity contribution in [3.05, 3.63) is 0 Å². The maximum absolute atomic E-state index is 11.3. The van der Waals surface area contributed by atoms with E-state index in [1.807, 2.05) is 13.8 Å². The minimum Gasteiger partial charge on any atom is -0.379 e. The highest BCUT2D eigenvalue weighted by atomic mass is 16.6. The number of ether oxygens (including phenoxy) is 4. The third kappa shape index (κ3) is 13.9. The molecule has 0 spiro atoms. The van der Waals surface area contributed by atoms with Crippen LogP contribution in [0.15, 0.2) is 0 Å². The van der Waals surface area contributed by atoms with Gasteiger partial charge < -0.3 is 18.9 Å². The molecule has 0 aromatic rings. The molecule has 5 nitrogen and oxygen atoms in total. The zero-order valence-corrected chi connectivity index (χ0v) is 13.2. The lowest BCUT2D eigenvalue weighted by Crippen LogP contribution is -2.14. The molecule has 0 fully saturated rings. The van der Waals surface area contributed by atoms with E-state index in [2.05, 4.69) is 6.92 Å². The first-order valence-electron chi connectivity index (χ1n) is 7.52. The van der Waals surface area contributed by atoms with Crippen molar-refractivity contribution in [3.63, 3.8) is 0 Å². The smallest absolute Gasteiger partial charge is 0.137 e. The topological polar surface area (TPSA) is 54.0 Å². The van der Waals surface area contributed by atoms with Crippen LogP contribution in [-0.4, -0.2) is 58.6 Å². The highest BCUT2D eigenvalue weighted by Crippen LogP contribution is 1.98. The van der Waals surface area contributed by atoms with E-state index in [1.165, 1.54) is 0 Å². The van der Waals surface area contributed by atoms with Crippen molar-refractivity contribution < 1.29 is 23.7 Å². The molecule has 0 saturated carbocycles. The number of carbonyl (C=O) groups is 1. The van der Waals surface area contributed by atoms with Gasteiger partial charge in [0.15, 0.2) is 0 Å². The Morgan fingerprint density at radius 2 is 1.15 bits per heavy atom. The Bertz CT molecular complexity index is 218. The third-order valence-electron chi connectivity index (χ3n) is 2.60. The van der Waals surface area contributed by atoms with E-state index in [4.69, 9.17) is 18.9 Å². The molecule has 0 atom stereocenters. The van der Waals surface area contributed by atoms with Gasteiger partial charge in [-0.3, -0.25) is 4.79 Å². The summed E-state index contributed by atoms with van der Waals surface area (Å²) in [5, 5.41) is 0. The Hall–Kier alpha value is -0.490. The summed E-state index contributed by atoms with van der Waals surface area (Å²) in [6.07, 6.45) is 1.52. The molecular weight excluding hydrogens is 260 g/mol. The summed E-state index contributed by atoms with van der Waals surface area (Å²) in [6, 6.07) is 0. The van der Waals surface area contributed by atoms with Gasteiger partial charge >= 0.3 is 0 Å². The second-order valence-electron chi connectivity index (χ2n) is 4.82. The van der Waals surface area contributed by atoms with Crippen molar-refractivity contribution >= 4 is 5.78 Å². The van der Waals surface area contributed by atoms with Crippen LogP contribution in [0.25, 0.3) is 0 Å². The normalized spacial score (nSPS) is 11.2. The van der Waals surface area contributed by atoms with Crippen LogP contribution in [-0.2, 0) is 23.7 Å². The van der Waals surface area contributed by atoms with Gasteiger partial charge in [0.1, 0.15) is 5.78 Å². The monoisotopic (exact) mass is 290 g/mol. The Labute approximate surface area is 122 Å². The van der Waals surface area contributed by atoms with Crippen LogP contribution in [0.1, 0.15) is 33.6 Å². The Balaban J connectivity index is 3.04. The van der Waals surface area contributed by atoms with Crippen molar-refractivity contribution in [1.82, 2.24) is 0 Å². The lowest BCUT2D eigenvalue weighted by Gasteiger charge is -2.07. The fourth-order valence-corrected chi connectivity index (χ4v) is 1.37. The zero-order valence-electron chi connectivity index (χ0n) is 13.2. The molecule has 0 aromatic heterocycles. The fraction of sp³-hybridized carbons (Fsp3) is 0.933. The van der Waals surface area contributed by atoms with Gasteiger partial charge in [0, 0.05) is 18.9 Å². The van der Waals surface area contributed by atoms with Gasteiger partial charge in [-0.25, -0.2) is 0 Å². The maximum Gasteiger partial charge on any atom is 0.137 e. The van der Waals surface area contributed by atoms with Gasteiger partial charge in [0.25, 0.3) is 0 Å². The number of carbonyl (C=O) groups excluding carboxylic acids is 1. The summed E-state index contributed by atoms with van der Waals surface area (Å²) >= 11 is 0. The molecule has 0 rings (SSSR count). The van der Waals surface area contributed by atoms with Crippen molar-refractivity contribution in [2.45, 2.75) is 33.6 Å². The first kappa shape index (κ1) is 19.5. The summed E-state index contributed by atoms with van der Waals surface area (Å²) in [5.41, 5.74) is 0. The van der Waals surface area contributed by atoms with Crippen LogP contribution < -0.4 is 0 Å². The van der Waals surface area contributed by atoms with E-state index in [9.17, 15) is 4.79 Å². The lowest BCUT2D eigenvalue weighted by atomic mass is 10.1. The summed E-state index contributed by atoms with van der Waals surface area (Å²) in [6.45, 7) is 10.6. The highest BCUT2D eigenvalue weighted by Gasteiger charge is 2.05. The molecular formula is C15H30O5. The van der Waals surface area contributed by atoms with E-state index in [0.29, 0.717) is 52.7 Å². The number of ketones is 1. The van der Waals surface area contributed by atoms with Crippen LogP contribution in [0.5, 0.6) is 0 Å². The molecule has 120 valence electrons. The molecule has 0 bridgehead atoms. The van der Waals surface area contributed by atoms with E-state index in [0.717, 1.165) is 13.0 Å². The van der Waals surface area contributed by atoms with Crippen LogP contribution in [0, 0.1) is 5.92 Å². The maximum atomic E-state index is 11.3. The highest BCUT2D eigenvalue weighted by molar-refractivity contribution is 5.80. The van der Waals surface area contributed by atoms with E-state index >= 15 is 0 Å². The predicted octanol–water partition coefficient (Wildman–Crippen LogP) is 2.08. The van der Waals surface area contributed by atoms with Gasteiger partial charge in [-0.05, 0) is 6.42 Å². The van der Waals surface area contributed by atoms with Crippen LogP contribution in [0.4, 0.5) is 0 Å². The summed E-state index contributed by atoms with van der Waals surface area (Å²) in [7, 11) is 0. The molecule has 0 aromatic carbocycles. The molecule has 0 aliphatic rings. The number of hydrogen-bond acceptors (Lipinski definition) is 5. The number of Topliss-reactive ketones (excluding diaryl/α,β-unsaturated/α-hetero) is 1. The molecule has 0 saturated heterocycles. The largest absolute Gasteiger partial charge is 0.379 e. The second kappa shape index (κ2) is 14.9. The van der Waals surface area contributed by atoms with Crippen LogP contribution >= 0.6 is 0 Å². The summed E-state index contributed by atoms with van der Waals surface area (Å²) in [5.74, 6) is 0.331. The lowest BCUT2D eigenvalue weighted by molar-refractivity contribution is -0.123. The van der Waals surface area contributed by atoms with Crippen molar-refractivity contribution in [1.29, 1.82) is 0 Å². The quantitative estimate of drug-likeness (QED) is 0.432. The summed E-state index contributed by atoms with van der Waals surface area (Å²) in [4.78, 5) is 11.3.